The quantitative estimate of drug-likeness (QED) is 0.851. The number of aryl methyl sites for hydroxylation is 1. The molecule has 4 rings (SSSR count). The number of anilines is 1. The van der Waals surface area contributed by atoms with Crippen LogP contribution in [0.2, 0.25) is 0 Å². The number of nitrogens with zero attached hydrogens (tertiary/aromatic N) is 5. The van der Waals surface area contributed by atoms with Crippen molar-refractivity contribution in [2.24, 2.45) is 13.0 Å². The summed E-state index contributed by atoms with van der Waals surface area (Å²) in [5.41, 5.74) is 2.99. The molecule has 0 bridgehead atoms. The molecule has 1 aromatic carbocycles. The van der Waals surface area contributed by atoms with Crippen molar-refractivity contribution in [3.8, 4) is 0 Å². The summed E-state index contributed by atoms with van der Waals surface area (Å²) < 4.78 is 1.73. The first-order valence-corrected chi connectivity index (χ1v) is 9.60. The molecule has 2 saturated heterocycles. The molecule has 138 valence electrons. The van der Waals surface area contributed by atoms with Crippen molar-refractivity contribution in [2.75, 3.05) is 31.1 Å². The van der Waals surface area contributed by atoms with Gasteiger partial charge < -0.3 is 9.80 Å². The van der Waals surface area contributed by atoms with Gasteiger partial charge in [-0.05, 0) is 49.4 Å². The van der Waals surface area contributed by atoms with Crippen molar-refractivity contribution in [3.63, 3.8) is 0 Å². The van der Waals surface area contributed by atoms with Gasteiger partial charge in [0.2, 0.25) is 0 Å². The van der Waals surface area contributed by atoms with Gasteiger partial charge in [0, 0.05) is 56.6 Å². The highest BCUT2D eigenvalue weighted by Crippen LogP contribution is 2.27. The molecule has 2 unspecified atom stereocenters. The number of piperidine rings is 1. The van der Waals surface area contributed by atoms with Crippen molar-refractivity contribution in [3.05, 3.63) is 41.7 Å². The first-order chi connectivity index (χ1) is 12.6. The Morgan fingerprint density at radius 3 is 2.58 bits per heavy atom. The SMILES string of the molecule is CC1CCN(c2ccc(C(=O)N3CCCC(c4cn(C)nn4)C3)cc2)C1. The van der Waals surface area contributed by atoms with E-state index in [1.54, 1.807) is 4.68 Å². The van der Waals surface area contributed by atoms with Crippen LogP contribution in [0.15, 0.2) is 30.5 Å². The summed E-state index contributed by atoms with van der Waals surface area (Å²) in [5.74, 6) is 1.16. The molecule has 2 aliphatic rings. The summed E-state index contributed by atoms with van der Waals surface area (Å²) in [5, 5.41) is 8.27. The van der Waals surface area contributed by atoms with Gasteiger partial charge in [-0.3, -0.25) is 9.48 Å². The molecule has 2 aliphatic heterocycles. The molecule has 0 spiro atoms. The molecule has 1 aromatic heterocycles. The number of rotatable bonds is 3. The van der Waals surface area contributed by atoms with Crippen LogP contribution in [0.5, 0.6) is 0 Å². The Morgan fingerprint density at radius 1 is 1.12 bits per heavy atom. The van der Waals surface area contributed by atoms with Crippen LogP contribution in [0.4, 0.5) is 5.69 Å². The number of carbonyl (C=O) groups excluding carboxylic acids is 1. The van der Waals surface area contributed by atoms with E-state index in [0.29, 0.717) is 0 Å². The lowest BCUT2D eigenvalue weighted by Gasteiger charge is -2.32. The number of aromatic nitrogens is 3. The average molecular weight is 353 g/mol. The van der Waals surface area contributed by atoms with Gasteiger partial charge in [0.15, 0.2) is 0 Å². The highest BCUT2D eigenvalue weighted by Gasteiger charge is 2.27. The Hall–Kier alpha value is -2.37. The molecule has 6 heteroatoms. The fourth-order valence-corrected chi connectivity index (χ4v) is 4.12. The summed E-state index contributed by atoms with van der Waals surface area (Å²) in [6, 6.07) is 8.14. The summed E-state index contributed by atoms with van der Waals surface area (Å²) >= 11 is 0. The number of hydrogen-bond donors (Lipinski definition) is 0. The molecule has 0 N–H and O–H groups in total. The first-order valence-electron chi connectivity index (χ1n) is 9.60. The second-order valence-corrected chi connectivity index (χ2v) is 7.79. The average Bonchev–Trinajstić information content (AvgIpc) is 3.30. The lowest BCUT2D eigenvalue weighted by atomic mass is 9.95. The fourth-order valence-electron chi connectivity index (χ4n) is 4.12. The van der Waals surface area contributed by atoms with Crippen LogP contribution in [0, 0.1) is 5.92 Å². The molecule has 0 radical (unpaired) electrons. The van der Waals surface area contributed by atoms with Gasteiger partial charge in [-0.2, -0.15) is 0 Å². The molecule has 0 aliphatic carbocycles. The first kappa shape index (κ1) is 17.1. The smallest absolute Gasteiger partial charge is 0.253 e. The maximum Gasteiger partial charge on any atom is 0.253 e. The highest BCUT2D eigenvalue weighted by molar-refractivity contribution is 5.94. The maximum absolute atomic E-state index is 12.9. The van der Waals surface area contributed by atoms with E-state index < -0.39 is 0 Å². The molecule has 1 amide bonds. The van der Waals surface area contributed by atoms with E-state index in [0.717, 1.165) is 56.2 Å². The van der Waals surface area contributed by atoms with Crippen molar-refractivity contribution in [1.82, 2.24) is 19.9 Å². The Kier molecular flexibility index (Phi) is 4.66. The summed E-state index contributed by atoms with van der Waals surface area (Å²) in [6.07, 6.45) is 5.29. The number of likely N-dealkylation sites (tertiary alicyclic amines) is 1. The third-order valence-corrected chi connectivity index (χ3v) is 5.65. The fraction of sp³-hybridized carbons (Fsp3) is 0.550. The van der Waals surface area contributed by atoms with Crippen LogP contribution in [0.3, 0.4) is 0 Å². The normalized spacial score (nSPS) is 23.5. The minimum atomic E-state index is 0.125. The number of carbonyl (C=O) groups is 1. The van der Waals surface area contributed by atoms with Crippen LogP contribution < -0.4 is 4.90 Å². The topological polar surface area (TPSA) is 54.3 Å². The van der Waals surface area contributed by atoms with Gasteiger partial charge >= 0.3 is 0 Å². The Labute approximate surface area is 154 Å². The minimum absolute atomic E-state index is 0.125. The lowest BCUT2D eigenvalue weighted by molar-refractivity contribution is 0.0706. The molecule has 6 nitrogen and oxygen atoms in total. The Morgan fingerprint density at radius 2 is 1.92 bits per heavy atom. The summed E-state index contributed by atoms with van der Waals surface area (Å²) in [7, 11) is 1.88. The maximum atomic E-state index is 12.9. The van der Waals surface area contributed by atoms with Crippen LogP contribution >= 0.6 is 0 Å². The second kappa shape index (κ2) is 7.09. The highest BCUT2D eigenvalue weighted by atomic mass is 16.2. The van der Waals surface area contributed by atoms with Gasteiger partial charge in [-0.1, -0.05) is 12.1 Å². The van der Waals surface area contributed by atoms with Crippen LogP contribution in [-0.4, -0.2) is 52.0 Å². The molecule has 2 aromatic rings. The van der Waals surface area contributed by atoms with E-state index >= 15 is 0 Å². The van der Waals surface area contributed by atoms with Crippen LogP contribution in [0.25, 0.3) is 0 Å². The predicted octanol–water partition coefficient (Wildman–Crippen LogP) is 2.68. The standard InChI is InChI=1S/C20H27N5O/c1-15-9-11-24(12-15)18-7-5-16(6-8-18)20(26)25-10-3-4-17(13-25)19-14-23(2)22-21-19/h5-8,14-15,17H,3-4,9-13H2,1-2H3. The number of hydrogen-bond acceptors (Lipinski definition) is 4. The number of amides is 1. The largest absolute Gasteiger partial charge is 0.371 e. The van der Waals surface area contributed by atoms with Gasteiger partial charge in [0.05, 0.1) is 5.69 Å². The third kappa shape index (κ3) is 3.45. The van der Waals surface area contributed by atoms with E-state index in [-0.39, 0.29) is 11.8 Å². The van der Waals surface area contributed by atoms with Crippen molar-refractivity contribution in [1.29, 1.82) is 0 Å². The zero-order chi connectivity index (χ0) is 18.1. The zero-order valence-electron chi connectivity index (χ0n) is 15.6. The molecule has 3 heterocycles. The monoisotopic (exact) mass is 353 g/mol. The third-order valence-electron chi connectivity index (χ3n) is 5.65. The number of benzene rings is 1. The summed E-state index contributed by atoms with van der Waals surface area (Å²) in [6.45, 7) is 6.06. The van der Waals surface area contributed by atoms with E-state index in [9.17, 15) is 4.79 Å². The Balaban J connectivity index is 1.43. The summed E-state index contributed by atoms with van der Waals surface area (Å²) in [4.78, 5) is 17.3. The molecule has 26 heavy (non-hydrogen) atoms. The van der Waals surface area contributed by atoms with Gasteiger partial charge in [0.1, 0.15) is 0 Å². The Bertz CT molecular complexity index is 769. The van der Waals surface area contributed by atoms with Crippen LogP contribution in [-0.2, 0) is 7.05 Å². The molecular formula is C20H27N5O. The van der Waals surface area contributed by atoms with E-state index in [1.165, 1.54) is 12.1 Å². The molecule has 2 atom stereocenters. The van der Waals surface area contributed by atoms with Crippen molar-refractivity contribution in [2.45, 2.75) is 32.1 Å². The van der Waals surface area contributed by atoms with E-state index in [2.05, 4.69) is 34.3 Å². The van der Waals surface area contributed by atoms with Crippen molar-refractivity contribution < 1.29 is 4.79 Å². The molecule has 0 saturated carbocycles. The van der Waals surface area contributed by atoms with E-state index in [1.807, 2.05) is 30.3 Å². The van der Waals surface area contributed by atoms with Crippen LogP contribution in [0.1, 0.15) is 48.2 Å². The molecular weight excluding hydrogens is 326 g/mol. The lowest BCUT2D eigenvalue weighted by Crippen LogP contribution is -2.39. The second-order valence-electron chi connectivity index (χ2n) is 7.79. The van der Waals surface area contributed by atoms with Crippen molar-refractivity contribution >= 4 is 11.6 Å². The van der Waals surface area contributed by atoms with Gasteiger partial charge in [0.25, 0.3) is 5.91 Å². The van der Waals surface area contributed by atoms with E-state index in [4.69, 9.17) is 0 Å². The van der Waals surface area contributed by atoms with Gasteiger partial charge in [-0.15, -0.1) is 5.10 Å². The minimum Gasteiger partial charge on any atom is -0.371 e. The zero-order valence-corrected chi connectivity index (χ0v) is 15.6. The predicted molar refractivity (Wildman–Crippen MR) is 101 cm³/mol. The van der Waals surface area contributed by atoms with Gasteiger partial charge in [-0.25, -0.2) is 0 Å². The molecule has 2 fully saturated rings.